The van der Waals surface area contributed by atoms with Gasteiger partial charge in [0.1, 0.15) is 11.5 Å². The summed E-state index contributed by atoms with van der Waals surface area (Å²) in [7, 11) is 0. The van der Waals surface area contributed by atoms with Gasteiger partial charge < -0.3 is 10.5 Å². The Morgan fingerprint density at radius 1 is 1.18 bits per heavy atom. The SMILES string of the molecule is CC(=O)[C@@H](N)Cc1cc(I)c(Oc2cccc(I)c2)c(I)c1. The highest BCUT2D eigenvalue weighted by atomic mass is 127. The van der Waals surface area contributed by atoms with Gasteiger partial charge in [0.05, 0.1) is 13.2 Å². The van der Waals surface area contributed by atoms with Crippen molar-refractivity contribution in [1.29, 1.82) is 0 Å². The zero-order valence-corrected chi connectivity index (χ0v) is 18.2. The molecule has 0 saturated carbocycles. The number of carbonyl (C=O) groups excluding carboxylic acids is 1. The minimum atomic E-state index is -0.450. The Morgan fingerprint density at radius 2 is 1.82 bits per heavy atom. The third-order valence-electron chi connectivity index (χ3n) is 3.05. The largest absolute Gasteiger partial charge is 0.455 e. The van der Waals surface area contributed by atoms with Crippen molar-refractivity contribution in [3.63, 3.8) is 0 Å². The van der Waals surface area contributed by atoms with Crippen LogP contribution in [0.3, 0.4) is 0 Å². The van der Waals surface area contributed by atoms with Crippen LogP contribution < -0.4 is 10.5 Å². The Kier molecular flexibility index (Phi) is 6.90. The van der Waals surface area contributed by atoms with Crippen LogP contribution in [0, 0.1) is 10.7 Å². The normalized spacial score (nSPS) is 12.0. The molecular formula is C16H14I3NO2. The molecule has 2 N–H and O–H groups in total. The first-order valence-electron chi connectivity index (χ1n) is 6.54. The van der Waals surface area contributed by atoms with Crippen molar-refractivity contribution in [2.45, 2.75) is 19.4 Å². The highest BCUT2D eigenvalue weighted by Crippen LogP contribution is 2.33. The van der Waals surface area contributed by atoms with Crippen molar-refractivity contribution in [2.75, 3.05) is 0 Å². The van der Waals surface area contributed by atoms with Gasteiger partial charge in [0.15, 0.2) is 5.75 Å². The van der Waals surface area contributed by atoms with E-state index in [0.29, 0.717) is 6.42 Å². The van der Waals surface area contributed by atoms with E-state index in [2.05, 4.69) is 67.8 Å². The topological polar surface area (TPSA) is 52.3 Å². The van der Waals surface area contributed by atoms with Crippen molar-refractivity contribution in [2.24, 2.45) is 5.73 Å². The summed E-state index contributed by atoms with van der Waals surface area (Å²) in [5.41, 5.74) is 6.89. The monoisotopic (exact) mass is 633 g/mol. The van der Waals surface area contributed by atoms with Gasteiger partial charge in [0, 0.05) is 3.57 Å². The fourth-order valence-corrected chi connectivity index (χ4v) is 4.51. The predicted molar refractivity (Wildman–Crippen MR) is 113 cm³/mol. The average molecular weight is 633 g/mol. The number of ether oxygens (including phenoxy) is 1. The number of hydrogen-bond donors (Lipinski definition) is 1. The van der Waals surface area contributed by atoms with Gasteiger partial charge >= 0.3 is 0 Å². The van der Waals surface area contributed by atoms with Crippen molar-refractivity contribution >= 4 is 73.6 Å². The van der Waals surface area contributed by atoms with E-state index in [0.717, 1.165) is 27.8 Å². The van der Waals surface area contributed by atoms with Crippen LogP contribution in [0.15, 0.2) is 36.4 Å². The smallest absolute Gasteiger partial charge is 0.154 e. The number of nitrogens with two attached hydrogens (primary N) is 1. The molecule has 2 aromatic carbocycles. The molecule has 0 saturated heterocycles. The molecule has 3 nitrogen and oxygen atoms in total. The molecule has 6 heteroatoms. The zero-order chi connectivity index (χ0) is 16.3. The molecule has 0 radical (unpaired) electrons. The van der Waals surface area contributed by atoms with E-state index < -0.39 is 6.04 Å². The lowest BCUT2D eigenvalue weighted by molar-refractivity contribution is -0.118. The van der Waals surface area contributed by atoms with Gasteiger partial charge in [-0.05, 0) is 117 Å². The summed E-state index contributed by atoms with van der Waals surface area (Å²) >= 11 is 6.77. The van der Waals surface area contributed by atoms with Crippen molar-refractivity contribution in [3.05, 3.63) is 52.7 Å². The number of benzene rings is 2. The summed E-state index contributed by atoms with van der Waals surface area (Å²) in [6.07, 6.45) is 0.546. The maximum absolute atomic E-state index is 11.3. The van der Waals surface area contributed by atoms with Gasteiger partial charge in [0.25, 0.3) is 0 Å². The Labute approximate surface area is 170 Å². The fraction of sp³-hybridized carbons (Fsp3) is 0.188. The first-order valence-corrected chi connectivity index (χ1v) is 9.78. The van der Waals surface area contributed by atoms with E-state index in [4.69, 9.17) is 10.5 Å². The average Bonchev–Trinajstić information content (AvgIpc) is 2.43. The number of rotatable bonds is 5. The third-order valence-corrected chi connectivity index (χ3v) is 5.33. The first kappa shape index (κ1) is 18.4. The fourth-order valence-electron chi connectivity index (χ4n) is 1.87. The summed E-state index contributed by atoms with van der Waals surface area (Å²) in [4.78, 5) is 11.3. The molecule has 0 aliphatic heterocycles. The second-order valence-electron chi connectivity index (χ2n) is 4.87. The lowest BCUT2D eigenvalue weighted by Crippen LogP contribution is -2.30. The lowest BCUT2D eigenvalue weighted by atomic mass is 10.0. The lowest BCUT2D eigenvalue weighted by Gasteiger charge is -2.14. The number of carbonyl (C=O) groups is 1. The van der Waals surface area contributed by atoms with Crippen LogP contribution in [0.25, 0.3) is 0 Å². The quantitative estimate of drug-likeness (QED) is 0.485. The summed E-state index contributed by atoms with van der Waals surface area (Å²) in [6, 6.07) is 11.5. The van der Waals surface area contributed by atoms with Gasteiger partial charge in [-0.3, -0.25) is 4.79 Å². The van der Waals surface area contributed by atoms with Gasteiger partial charge in [-0.1, -0.05) is 6.07 Å². The van der Waals surface area contributed by atoms with Crippen LogP contribution in [-0.2, 0) is 11.2 Å². The number of hydrogen-bond acceptors (Lipinski definition) is 3. The Bertz CT molecular complexity index is 681. The van der Waals surface area contributed by atoms with E-state index in [-0.39, 0.29) is 5.78 Å². The maximum Gasteiger partial charge on any atom is 0.154 e. The molecule has 0 aliphatic rings. The van der Waals surface area contributed by atoms with E-state index in [1.54, 1.807) is 0 Å². The maximum atomic E-state index is 11.3. The highest BCUT2D eigenvalue weighted by Gasteiger charge is 2.14. The molecule has 1 atom stereocenters. The zero-order valence-electron chi connectivity index (χ0n) is 11.8. The molecule has 2 aromatic rings. The van der Waals surface area contributed by atoms with Crippen molar-refractivity contribution in [3.8, 4) is 11.5 Å². The van der Waals surface area contributed by atoms with Crippen LogP contribution in [0.1, 0.15) is 12.5 Å². The molecule has 2 rings (SSSR count). The number of halogens is 3. The molecule has 0 heterocycles. The molecule has 22 heavy (non-hydrogen) atoms. The van der Waals surface area contributed by atoms with Gasteiger partial charge in [-0.2, -0.15) is 0 Å². The minimum Gasteiger partial charge on any atom is -0.455 e. The second kappa shape index (κ2) is 8.25. The first-order chi connectivity index (χ1) is 10.4. The van der Waals surface area contributed by atoms with E-state index in [1.165, 1.54) is 6.92 Å². The van der Waals surface area contributed by atoms with Gasteiger partial charge in [-0.25, -0.2) is 0 Å². The minimum absolute atomic E-state index is 0.00389. The Balaban J connectivity index is 2.25. The Hall–Kier alpha value is 0.0600. The standard InChI is InChI=1S/C16H14I3NO2/c1-9(21)15(20)7-10-5-13(18)16(14(19)6-10)22-12-4-2-3-11(17)8-12/h2-6,8,15H,7,20H2,1H3/t15-/m0/s1. The molecule has 0 fully saturated rings. The number of ketones is 1. The van der Waals surface area contributed by atoms with Gasteiger partial charge in [-0.15, -0.1) is 0 Å². The van der Waals surface area contributed by atoms with E-state index in [1.807, 2.05) is 36.4 Å². The van der Waals surface area contributed by atoms with Crippen LogP contribution in [-0.4, -0.2) is 11.8 Å². The van der Waals surface area contributed by atoms with Crippen LogP contribution in [0.2, 0.25) is 0 Å². The molecule has 0 aromatic heterocycles. The molecule has 0 aliphatic carbocycles. The van der Waals surface area contributed by atoms with Crippen LogP contribution >= 0.6 is 67.8 Å². The molecule has 0 unspecified atom stereocenters. The molecule has 0 amide bonds. The molecular weight excluding hydrogens is 619 g/mol. The van der Waals surface area contributed by atoms with Crippen LogP contribution in [0.5, 0.6) is 11.5 Å². The molecule has 0 spiro atoms. The van der Waals surface area contributed by atoms with E-state index in [9.17, 15) is 4.79 Å². The summed E-state index contributed by atoms with van der Waals surface area (Å²) in [6.45, 7) is 1.52. The van der Waals surface area contributed by atoms with E-state index >= 15 is 0 Å². The van der Waals surface area contributed by atoms with Crippen molar-refractivity contribution < 1.29 is 9.53 Å². The summed E-state index contributed by atoms with van der Waals surface area (Å²) in [5.74, 6) is 1.66. The Morgan fingerprint density at radius 3 is 2.36 bits per heavy atom. The van der Waals surface area contributed by atoms with Gasteiger partial charge in [0.2, 0.25) is 0 Å². The summed E-state index contributed by atoms with van der Waals surface area (Å²) in [5, 5.41) is 0. The molecule has 116 valence electrons. The summed E-state index contributed by atoms with van der Waals surface area (Å²) < 4.78 is 9.16. The second-order valence-corrected chi connectivity index (χ2v) is 8.44. The number of Topliss-reactive ketones (excluding diaryl/α,β-unsaturated/α-hetero) is 1. The predicted octanol–water partition coefficient (Wildman–Crippen LogP) is 4.75. The third kappa shape index (κ3) is 5.03. The van der Waals surface area contributed by atoms with Crippen molar-refractivity contribution in [1.82, 2.24) is 0 Å². The highest BCUT2D eigenvalue weighted by molar-refractivity contribution is 14.1. The molecule has 0 bridgehead atoms. The van der Waals surface area contributed by atoms with Crippen LogP contribution in [0.4, 0.5) is 0 Å².